The van der Waals surface area contributed by atoms with Crippen molar-refractivity contribution in [3.05, 3.63) is 70.2 Å². The molecule has 2 aliphatic heterocycles. The van der Waals surface area contributed by atoms with E-state index in [9.17, 15) is 18.0 Å². The van der Waals surface area contributed by atoms with Crippen molar-refractivity contribution in [3.8, 4) is 0 Å². The standard InChI is InChI=1S/C23H24ClF3N2O/c24-20-17(10-6-11-18(20)23(25,26)27)22(30)28-21(15-7-2-1-3-8-15)19-13-12-16-9-4-5-14-29(16)19/h1-3,6-8,10-11,16,19,21H,4-5,9,12-14H2,(H,28,30)/t16-,19+,21+/m1/s1. The van der Waals surface area contributed by atoms with Crippen molar-refractivity contribution in [2.75, 3.05) is 6.54 Å². The summed E-state index contributed by atoms with van der Waals surface area (Å²) in [6.07, 6.45) is 0.914. The second kappa shape index (κ2) is 8.60. The van der Waals surface area contributed by atoms with E-state index >= 15 is 0 Å². The Morgan fingerprint density at radius 3 is 2.53 bits per heavy atom. The first-order valence-electron chi connectivity index (χ1n) is 10.3. The zero-order chi connectivity index (χ0) is 21.3. The predicted octanol–water partition coefficient (Wildman–Crippen LogP) is 5.85. The van der Waals surface area contributed by atoms with Gasteiger partial charge in [-0.25, -0.2) is 0 Å². The molecule has 0 radical (unpaired) electrons. The quantitative estimate of drug-likeness (QED) is 0.652. The maximum atomic E-state index is 13.2. The highest BCUT2D eigenvalue weighted by Gasteiger charge is 2.41. The number of hydrogen-bond acceptors (Lipinski definition) is 2. The van der Waals surface area contributed by atoms with Gasteiger partial charge < -0.3 is 5.32 Å². The molecule has 7 heteroatoms. The van der Waals surface area contributed by atoms with Crippen molar-refractivity contribution in [2.24, 2.45) is 0 Å². The van der Waals surface area contributed by atoms with E-state index in [0.29, 0.717) is 6.04 Å². The minimum Gasteiger partial charge on any atom is -0.344 e. The van der Waals surface area contributed by atoms with E-state index in [4.69, 9.17) is 11.6 Å². The Morgan fingerprint density at radius 1 is 1.03 bits per heavy atom. The number of piperidine rings is 1. The van der Waals surface area contributed by atoms with Crippen LogP contribution in [0.2, 0.25) is 5.02 Å². The third-order valence-electron chi connectivity index (χ3n) is 6.27. The number of carbonyl (C=O) groups excluding carboxylic acids is 1. The van der Waals surface area contributed by atoms with Crippen molar-refractivity contribution in [3.63, 3.8) is 0 Å². The Balaban J connectivity index is 1.64. The molecule has 4 rings (SSSR count). The molecule has 2 saturated heterocycles. The molecule has 0 aromatic heterocycles. The van der Waals surface area contributed by atoms with Crippen LogP contribution in [0.25, 0.3) is 0 Å². The summed E-state index contributed by atoms with van der Waals surface area (Å²) in [4.78, 5) is 15.5. The van der Waals surface area contributed by atoms with Gasteiger partial charge in [0.25, 0.3) is 5.91 Å². The van der Waals surface area contributed by atoms with E-state index in [2.05, 4.69) is 10.2 Å². The molecule has 0 bridgehead atoms. The van der Waals surface area contributed by atoms with Gasteiger partial charge >= 0.3 is 6.18 Å². The normalized spacial score (nSPS) is 23.1. The van der Waals surface area contributed by atoms with Gasteiger partial charge in [-0.15, -0.1) is 0 Å². The SMILES string of the molecule is O=C(N[C@@H](c1ccccc1)[C@@H]1CC[C@H]2CCCCN21)c1cccc(C(F)(F)F)c1Cl. The second-order valence-electron chi connectivity index (χ2n) is 8.06. The Bertz CT molecular complexity index is 903. The molecule has 2 heterocycles. The van der Waals surface area contributed by atoms with Crippen molar-refractivity contribution in [1.29, 1.82) is 0 Å². The van der Waals surface area contributed by atoms with Crippen LogP contribution >= 0.6 is 11.6 Å². The van der Waals surface area contributed by atoms with Gasteiger partial charge in [0, 0.05) is 12.1 Å². The van der Waals surface area contributed by atoms with E-state index in [0.717, 1.165) is 43.9 Å². The Labute approximate surface area is 179 Å². The van der Waals surface area contributed by atoms with Gasteiger partial charge in [-0.05, 0) is 49.9 Å². The van der Waals surface area contributed by atoms with Crippen LogP contribution in [0.5, 0.6) is 0 Å². The van der Waals surface area contributed by atoms with Crippen molar-refractivity contribution < 1.29 is 18.0 Å². The molecule has 0 aliphatic carbocycles. The molecule has 1 amide bonds. The molecule has 2 fully saturated rings. The number of nitrogens with one attached hydrogen (secondary N) is 1. The third kappa shape index (κ3) is 4.21. The number of rotatable bonds is 4. The number of hydrogen-bond donors (Lipinski definition) is 1. The predicted molar refractivity (Wildman–Crippen MR) is 110 cm³/mol. The monoisotopic (exact) mass is 436 g/mol. The summed E-state index contributed by atoms with van der Waals surface area (Å²) in [6.45, 7) is 0.985. The average molecular weight is 437 g/mol. The summed E-state index contributed by atoms with van der Waals surface area (Å²) >= 11 is 6.00. The molecule has 2 aromatic carbocycles. The molecule has 0 spiro atoms. The zero-order valence-electron chi connectivity index (χ0n) is 16.5. The van der Waals surface area contributed by atoms with Crippen molar-refractivity contribution in [1.82, 2.24) is 10.2 Å². The first kappa shape index (κ1) is 21.2. The number of nitrogens with zero attached hydrogens (tertiary/aromatic N) is 1. The summed E-state index contributed by atoms with van der Waals surface area (Å²) in [5.41, 5.74) is -0.198. The second-order valence-corrected chi connectivity index (χ2v) is 8.44. The highest BCUT2D eigenvalue weighted by Crippen LogP contribution is 2.39. The first-order chi connectivity index (χ1) is 14.4. The summed E-state index contributed by atoms with van der Waals surface area (Å²) in [6, 6.07) is 13.4. The van der Waals surface area contributed by atoms with Crippen LogP contribution < -0.4 is 5.32 Å². The van der Waals surface area contributed by atoms with Gasteiger partial charge in [0.1, 0.15) is 0 Å². The fourth-order valence-corrected chi connectivity index (χ4v) is 5.18. The van der Waals surface area contributed by atoms with Crippen LogP contribution in [0.3, 0.4) is 0 Å². The van der Waals surface area contributed by atoms with Gasteiger partial charge in [-0.1, -0.05) is 54.4 Å². The molecule has 3 atom stereocenters. The van der Waals surface area contributed by atoms with Crippen molar-refractivity contribution in [2.45, 2.75) is 56.4 Å². The first-order valence-corrected chi connectivity index (χ1v) is 10.7. The molecule has 2 aromatic rings. The number of amides is 1. The fraction of sp³-hybridized carbons (Fsp3) is 0.435. The minimum absolute atomic E-state index is 0.117. The van der Waals surface area contributed by atoms with Crippen LogP contribution in [-0.4, -0.2) is 29.4 Å². The third-order valence-corrected chi connectivity index (χ3v) is 6.68. The summed E-state index contributed by atoms with van der Waals surface area (Å²) in [5.74, 6) is -0.583. The fourth-order valence-electron chi connectivity index (χ4n) is 4.86. The number of benzene rings is 2. The molecule has 0 unspecified atom stereocenters. The molecule has 0 saturated carbocycles. The van der Waals surface area contributed by atoms with Crippen LogP contribution in [0, 0.1) is 0 Å². The van der Waals surface area contributed by atoms with E-state index in [-0.39, 0.29) is 17.6 Å². The molecule has 3 nitrogen and oxygen atoms in total. The van der Waals surface area contributed by atoms with E-state index in [1.807, 2.05) is 30.3 Å². The Hall–Kier alpha value is -2.05. The Morgan fingerprint density at radius 2 is 1.80 bits per heavy atom. The van der Waals surface area contributed by atoms with Gasteiger partial charge in [0.15, 0.2) is 0 Å². The minimum atomic E-state index is -4.61. The van der Waals surface area contributed by atoms with Crippen LogP contribution in [0.4, 0.5) is 13.2 Å². The highest BCUT2D eigenvalue weighted by atomic mass is 35.5. The maximum absolute atomic E-state index is 13.2. The maximum Gasteiger partial charge on any atom is 0.417 e. The molecule has 30 heavy (non-hydrogen) atoms. The lowest BCUT2D eigenvalue weighted by molar-refractivity contribution is -0.137. The summed E-state index contributed by atoms with van der Waals surface area (Å²) in [5, 5.41) is 2.45. The van der Waals surface area contributed by atoms with Crippen LogP contribution in [0.15, 0.2) is 48.5 Å². The smallest absolute Gasteiger partial charge is 0.344 e. The van der Waals surface area contributed by atoms with Gasteiger partial charge in [-0.3, -0.25) is 9.69 Å². The molecular weight excluding hydrogens is 413 g/mol. The zero-order valence-corrected chi connectivity index (χ0v) is 17.2. The van der Waals surface area contributed by atoms with Crippen LogP contribution in [0.1, 0.15) is 59.6 Å². The van der Waals surface area contributed by atoms with Gasteiger partial charge in [0.2, 0.25) is 0 Å². The van der Waals surface area contributed by atoms with Gasteiger partial charge in [-0.2, -0.15) is 13.2 Å². The lowest BCUT2D eigenvalue weighted by Gasteiger charge is -2.38. The lowest BCUT2D eigenvalue weighted by Crippen LogP contribution is -2.47. The van der Waals surface area contributed by atoms with E-state index < -0.39 is 22.7 Å². The van der Waals surface area contributed by atoms with Crippen molar-refractivity contribution >= 4 is 17.5 Å². The van der Waals surface area contributed by atoms with Gasteiger partial charge in [0.05, 0.1) is 22.2 Å². The highest BCUT2D eigenvalue weighted by molar-refractivity contribution is 6.34. The largest absolute Gasteiger partial charge is 0.417 e. The van der Waals surface area contributed by atoms with E-state index in [1.54, 1.807) is 0 Å². The number of fused-ring (bicyclic) bond motifs is 1. The summed E-state index contributed by atoms with van der Waals surface area (Å²) < 4.78 is 39.7. The van der Waals surface area contributed by atoms with Crippen LogP contribution in [-0.2, 0) is 6.18 Å². The molecule has 1 N–H and O–H groups in total. The summed E-state index contributed by atoms with van der Waals surface area (Å²) in [7, 11) is 0. The molecular formula is C23H24ClF3N2O. The topological polar surface area (TPSA) is 32.3 Å². The van der Waals surface area contributed by atoms with E-state index in [1.165, 1.54) is 18.6 Å². The number of carbonyl (C=O) groups is 1. The molecule has 160 valence electrons. The lowest BCUT2D eigenvalue weighted by atomic mass is 9.96. The average Bonchev–Trinajstić information content (AvgIpc) is 3.15. The number of halogens is 4. The Kier molecular flexibility index (Phi) is 6.07. The molecule has 2 aliphatic rings. The number of alkyl halides is 3.